The van der Waals surface area contributed by atoms with Crippen molar-refractivity contribution < 1.29 is 22.8 Å². The highest BCUT2D eigenvalue weighted by Crippen LogP contribution is 2.21. The molecule has 7 heteroatoms. The molecule has 0 atom stereocenters. The zero-order valence-corrected chi connectivity index (χ0v) is 15.4. The standard InChI is InChI=1S/C18H21NO5S/c1-13(2)14-8-10-16(11-9-14)24-18(20)15-6-5-7-17(12-15)25(21,22)19(3)23-4/h5-13H,1-4H3. The van der Waals surface area contributed by atoms with Crippen molar-refractivity contribution in [2.45, 2.75) is 24.7 Å². The number of benzene rings is 2. The van der Waals surface area contributed by atoms with E-state index >= 15 is 0 Å². The minimum Gasteiger partial charge on any atom is -0.423 e. The fourth-order valence-corrected chi connectivity index (χ4v) is 3.14. The maximum absolute atomic E-state index is 12.3. The summed E-state index contributed by atoms with van der Waals surface area (Å²) >= 11 is 0. The van der Waals surface area contributed by atoms with Crippen LogP contribution < -0.4 is 4.74 Å². The van der Waals surface area contributed by atoms with Crippen molar-refractivity contribution in [3.05, 3.63) is 59.7 Å². The summed E-state index contributed by atoms with van der Waals surface area (Å²) in [7, 11) is -1.31. The van der Waals surface area contributed by atoms with Crippen molar-refractivity contribution in [3.8, 4) is 5.75 Å². The van der Waals surface area contributed by atoms with E-state index in [4.69, 9.17) is 9.57 Å². The second kappa shape index (κ2) is 7.77. The van der Waals surface area contributed by atoms with Gasteiger partial charge in [0.2, 0.25) is 0 Å². The van der Waals surface area contributed by atoms with Gasteiger partial charge in [0.25, 0.3) is 10.0 Å². The number of hydrogen-bond acceptors (Lipinski definition) is 5. The van der Waals surface area contributed by atoms with Gasteiger partial charge in [-0.25, -0.2) is 13.2 Å². The molecule has 0 saturated carbocycles. The summed E-state index contributed by atoms with van der Waals surface area (Å²) in [6, 6.07) is 12.8. The molecule has 0 fully saturated rings. The van der Waals surface area contributed by atoms with Gasteiger partial charge in [-0.2, -0.15) is 0 Å². The first-order chi connectivity index (χ1) is 11.8. The fraction of sp³-hybridized carbons (Fsp3) is 0.278. The fourth-order valence-electron chi connectivity index (χ4n) is 2.12. The van der Waals surface area contributed by atoms with Crippen LogP contribution in [-0.4, -0.2) is 33.0 Å². The van der Waals surface area contributed by atoms with Gasteiger partial charge in [0.05, 0.1) is 17.6 Å². The van der Waals surface area contributed by atoms with Crippen LogP contribution in [0.15, 0.2) is 53.4 Å². The summed E-state index contributed by atoms with van der Waals surface area (Å²) in [5.41, 5.74) is 1.27. The smallest absolute Gasteiger partial charge is 0.343 e. The van der Waals surface area contributed by atoms with E-state index < -0.39 is 16.0 Å². The molecule has 0 aliphatic rings. The second-order valence-corrected chi connectivity index (χ2v) is 7.67. The summed E-state index contributed by atoms with van der Waals surface area (Å²) < 4.78 is 30.5. The molecule has 0 spiro atoms. The molecule has 2 rings (SSSR count). The number of ether oxygens (including phenoxy) is 1. The van der Waals surface area contributed by atoms with Gasteiger partial charge in [-0.05, 0) is 41.8 Å². The molecule has 0 saturated heterocycles. The number of carbonyl (C=O) groups excluding carboxylic acids is 1. The Labute approximate surface area is 148 Å². The van der Waals surface area contributed by atoms with Crippen molar-refractivity contribution >= 4 is 16.0 Å². The number of hydroxylamine groups is 1. The average Bonchev–Trinajstić information content (AvgIpc) is 2.61. The van der Waals surface area contributed by atoms with Crippen LogP contribution in [0.25, 0.3) is 0 Å². The van der Waals surface area contributed by atoms with Crippen molar-refractivity contribution in [1.82, 2.24) is 4.47 Å². The van der Waals surface area contributed by atoms with Crippen molar-refractivity contribution in [3.63, 3.8) is 0 Å². The third kappa shape index (κ3) is 4.45. The van der Waals surface area contributed by atoms with Crippen LogP contribution in [0.4, 0.5) is 0 Å². The van der Waals surface area contributed by atoms with Gasteiger partial charge in [0, 0.05) is 7.05 Å². The highest BCUT2D eigenvalue weighted by atomic mass is 32.2. The highest BCUT2D eigenvalue weighted by molar-refractivity contribution is 7.89. The third-order valence-electron chi connectivity index (χ3n) is 3.72. The molecule has 2 aromatic carbocycles. The van der Waals surface area contributed by atoms with Crippen LogP contribution in [0.3, 0.4) is 0 Å². The van der Waals surface area contributed by atoms with Crippen LogP contribution in [0.2, 0.25) is 0 Å². The molecule has 0 aliphatic heterocycles. The van der Waals surface area contributed by atoms with E-state index in [0.717, 1.165) is 10.0 Å². The maximum atomic E-state index is 12.3. The van der Waals surface area contributed by atoms with Gasteiger partial charge in [-0.1, -0.05) is 36.5 Å². The highest BCUT2D eigenvalue weighted by Gasteiger charge is 2.22. The molecule has 0 aromatic heterocycles. The first kappa shape index (κ1) is 19.1. The molecule has 2 aromatic rings. The summed E-state index contributed by atoms with van der Waals surface area (Å²) in [6.45, 7) is 4.15. The summed E-state index contributed by atoms with van der Waals surface area (Å²) in [4.78, 5) is 17.0. The van der Waals surface area contributed by atoms with E-state index in [-0.39, 0.29) is 10.5 Å². The molecule has 0 aliphatic carbocycles. The molecule has 134 valence electrons. The maximum Gasteiger partial charge on any atom is 0.343 e. The molecule has 0 radical (unpaired) electrons. The lowest BCUT2D eigenvalue weighted by Crippen LogP contribution is -2.26. The number of rotatable bonds is 6. The van der Waals surface area contributed by atoms with Gasteiger partial charge in [-0.15, -0.1) is 0 Å². The van der Waals surface area contributed by atoms with Crippen molar-refractivity contribution in [2.75, 3.05) is 14.2 Å². The van der Waals surface area contributed by atoms with Crippen molar-refractivity contribution in [1.29, 1.82) is 0 Å². The molecule has 25 heavy (non-hydrogen) atoms. The lowest BCUT2D eigenvalue weighted by atomic mass is 10.0. The predicted octanol–water partition coefficient (Wildman–Crippen LogP) is 3.21. The van der Waals surface area contributed by atoms with Crippen LogP contribution in [0, 0.1) is 0 Å². The summed E-state index contributed by atoms with van der Waals surface area (Å²) in [5, 5.41) is 0. The number of esters is 1. The Kier molecular flexibility index (Phi) is 5.94. The lowest BCUT2D eigenvalue weighted by Gasteiger charge is -2.14. The Morgan fingerprint density at radius 1 is 1.08 bits per heavy atom. The molecule has 0 amide bonds. The number of nitrogens with zero attached hydrogens (tertiary/aromatic N) is 1. The van der Waals surface area contributed by atoms with E-state index in [2.05, 4.69) is 13.8 Å². The molecule has 6 nitrogen and oxygen atoms in total. The molecular weight excluding hydrogens is 342 g/mol. The minimum absolute atomic E-state index is 0.0542. The Balaban J connectivity index is 2.21. The Morgan fingerprint density at radius 2 is 1.72 bits per heavy atom. The second-order valence-electron chi connectivity index (χ2n) is 5.74. The quantitative estimate of drug-likeness (QED) is 0.448. The molecule has 0 unspecified atom stereocenters. The zero-order chi connectivity index (χ0) is 18.6. The summed E-state index contributed by atoms with van der Waals surface area (Å²) in [5.74, 6) is 0.149. The Bertz CT molecular complexity index is 844. The van der Waals surface area contributed by atoms with Gasteiger partial charge in [0.1, 0.15) is 5.75 Å². The monoisotopic (exact) mass is 363 g/mol. The van der Waals surface area contributed by atoms with Gasteiger partial charge >= 0.3 is 5.97 Å². The van der Waals surface area contributed by atoms with Gasteiger partial charge in [0.15, 0.2) is 0 Å². The van der Waals surface area contributed by atoms with E-state index in [1.807, 2.05) is 12.1 Å². The molecule has 0 heterocycles. The number of carbonyl (C=O) groups is 1. The SMILES string of the molecule is CON(C)S(=O)(=O)c1cccc(C(=O)Oc2ccc(C(C)C)cc2)c1. The van der Waals surface area contributed by atoms with Gasteiger partial charge in [-0.3, -0.25) is 4.84 Å². The van der Waals surface area contributed by atoms with E-state index in [0.29, 0.717) is 11.7 Å². The van der Waals surface area contributed by atoms with E-state index in [1.54, 1.807) is 12.1 Å². The van der Waals surface area contributed by atoms with E-state index in [9.17, 15) is 13.2 Å². The average molecular weight is 363 g/mol. The largest absolute Gasteiger partial charge is 0.423 e. The topological polar surface area (TPSA) is 72.9 Å². The Hall–Kier alpha value is -2.22. The summed E-state index contributed by atoms with van der Waals surface area (Å²) in [6.07, 6.45) is 0. The third-order valence-corrected chi connectivity index (χ3v) is 5.40. The first-order valence-electron chi connectivity index (χ1n) is 7.71. The lowest BCUT2D eigenvalue weighted by molar-refractivity contribution is -0.0258. The van der Waals surface area contributed by atoms with Crippen LogP contribution in [-0.2, 0) is 14.9 Å². The van der Waals surface area contributed by atoms with E-state index in [1.165, 1.54) is 38.4 Å². The van der Waals surface area contributed by atoms with Gasteiger partial charge < -0.3 is 4.74 Å². The normalized spacial score (nSPS) is 11.8. The molecular formula is C18H21NO5S. The van der Waals surface area contributed by atoms with Crippen molar-refractivity contribution in [2.24, 2.45) is 0 Å². The van der Waals surface area contributed by atoms with Crippen LogP contribution >= 0.6 is 0 Å². The zero-order valence-electron chi connectivity index (χ0n) is 14.6. The minimum atomic E-state index is -3.83. The molecule has 0 bridgehead atoms. The Morgan fingerprint density at radius 3 is 2.28 bits per heavy atom. The number of sulfonamides is 1. The van der Waals surface area contributed by atoms with Crippen LogP contribution in [0.1, 0.15) is 35.7 Å². The van der Waals surface area contributed by atoms with Crippen LogP contribution in [0.5, 0.6) is 5.75 Å². The number of hydrogen-bond donors (Lipinski definition) is 0. The first-order valence-corrected chi connectivity index (χ1v) is 9.15. The predicted molar refractivity (Wildman–Crippen MR) is 93.9 cm³/mol. The molecule has 0 N–H and O–H groups in total.